The molecule has 3 heteroatoms. The summed E-state index contributed by atoms with van der Waals surface area (Å²) in [6.07, 6.45) is 3.46. The third-order valence-electron chi connectivity index (χ3n) is 1.78. The van der Waals surface area contributed by atoms with Crippen molar-refractivity contribution >= 4 is 6.21 Å². The zero-order valence-electron chi connectivity index (χ0n) is 7.13. The Labute approximate surface area is 66.8 Å². The molecule has 1 aliphatic rings. The quantitative estimate of drug-likeness (QED) is 0.588. The Morgan fingerprint density at radius 1 is 1.64 bits per heavy atom. The standard InChI is InChI=1S/C8H14N2O/c1-6(2)8(11)9-5-4-7(3)10-8/h4-6,10-11H,1-3H3. The van der Waals surface area contributed by atoms with Crippen LogP contribution >= 0.6 is 0 Å². The van der Waals surface area contributed by atoms with E-state index in [0.29, 0.717) is 0 Å². The molecule has 0 radical (unpaired) electrons. The molecule has 3 nitrogen and oxygen atoms in total. The number of aliphatic hydroxyl groups is 1. The van der Waals surface area contributed by atoms with E-state index in [1.165, 1.54) is 0 Å². The van der Waals surface area contributed by atoms with Crippen molar-refractivity contribution in [1.82, 2.24) is 5.32 Å². The van der Waals surface area contributed by atoms with Crippen molar-refractivity contribution in [3.63, 3.8) is 0 Å². The van der Waals surface area contributed by atoms with Crippen molar-refractivity contribution in [2.24, 2.45) is 10.9 Å². The lowest BCUT2D eigenvalue weighted by molar-refractivity contribution is -0.0205. The fourth-order valence-electron chi connectivity index (χ4n) is 0.920. The second-order valence-corrected chi connectivity index (χ2v) is 3.13. The number of rotatable bonds is 1. The Kier molecular flexibility index (Phi) is 2.00. The SMILES string of the molecule is CC1=CC=NC(O)(C(C)C)N1. The lowest BCUT2D eigenvalue weighted by atomic mass is 10.1. The molecular formula is C8H14N2O. The molecule has 1 unspecified atom stereocenters. The summed E-state index contributed by atoms with van der Waals surface area (Å²) in [4.78, 5) is 3.95. The van der Waals surface area contributed by atoms with Crippen LogP contribution in [0.5, 0.6) is 0 Å². The molecule has 0 spiro atoms. The summed E-state index contributed by atoms with van der Waals surface area (Å²) in [6, 6.07) is 0. The maximum Gasteiger partial charge on any atom is 0.236 e. The summed E-state index contributed by atoms with van der Waals surface area (Å²) in [6.45, 7) is 5.74. The third kappa shape index (κ3) is 1.60. The molecule has 1 aliphatic heterocycles. The van der Waals surface area contributed by atoms with Gasteiger partial charge in [0.15, 0.2) is 0 Å². The molecule has 11 heavy (non-hydrogen) atoms. The zero-order valence-corrected chi connectivity index (χ0v) is 7.13. The van der Waals surface area contributed by atoms with Crippen LogP contribution in [0.15, 0.2) is 16.8 Å². The number of hydrogen-bond donors (Lipinski definition) is 2. The molecule has 1 atom stereocenters. The van der Waals surface area contributed by atoms with E-state index in [4.69, 9.17) is 0 Å². The minimum Gasteiger partial charge on any atom is -0.353 e. The molecule has 0 aliphatic carbocycles. The Morgan fingerprint density at radius 2 is 2.27 bits per heavy atom. The molecule has 0 bridgehead atoms. The van der Waals surface area contributed by atoms with Gasteiger partial charge in [0.2, 0.25) is 5.85 Å². The Balaban J connectivity index is 2.78. The van der Waals surface area contributed by atoms with Gasteiger partial charge in [-0.2, -0.15) is 0 Å². The van der Waals surface area contributed by atoms with Crippen molar-refractivity contribution < 1.29 is 5.11 Å². The summed E-state index contributed by atoms with van der Waals surface area (Å²) in [7, 11) is 0. The van der Waals surface area contributed by atoms with Crippen molar-refractivity contribution in [1.29, 1.82) is 0 Å². The molecule has 1 heterocycles. The first-order valence-corrected chi connectivity index (χ1v) is 3.77. The van der Waals surface area contributed by atoms with E-state index in [-0.39, 0.29) is 5.92 Å². The van der Waals surface area contributed by atoms with Crippen LogP contribution < -0.4 is 5.32 Å². The van der Waals surface area contributed by atoms with E-state index < -0.39 is 5.85 Å². The maximum atomic E-state index is 9.77. The number of nitrogens with one attached hydrogen (secondary N) is 1. The van der Waals surface area contributed by atoms with E-state index in [2.05, 4.69) is 10.3 Å². The van der Waals surface area contributed by atoms with Crippen LogP contribution in [-0.2, 0) is 0 Å². The smallest absolute Gasteiger partial charge is 0.236 e. The average Bonchev–Trinajstić information content (AvgIpc) is 1.86. The minimum atomic E-state index is -1.10. The summed E-state index contributed by atoms with van der Waals surface area (Å²) in [5.41, 5.74) is 0.941. The van der Waals surface area contributed by atoms with Crippen LogP contribution in [0, 0.1) is 5.92 Å². The van der Waals surface area contributed by atoms with Gasteiger partial charge in [-0.1, -0.05) is 13.8 Å². The molecule has 0 amide bonds. The molecule has 0 fully saturated rings. The molecule has 0 saturated heterocycles. The topological polar surface area (TPSA) is 44.6 Å². The van der Waals surface area contributed by atoms with Crippen molar-refractivity contribution in [3.05, 3.63) is 11.8 Å². The van der Waals surface area contributed by atoms with Gasteiger partial charge in [0.25, 0.3) is 0 Å². The van der Waals surface area contributed by atoms with Gasteiger partial charge in [-0.15, -0.1) is 0 Å². The molecule has 0 aromatic heterocycles. The van der Waals surface area contributed by atoms with Gasteiger partial charge in [-0.25, -0.2) is 4.99 Å². The third-order valence-corrected chi connectivity index (χ3v) is 1.78. The molecule has 0 saturated carbocycles. The van der Waals surface area contributed by atoms with E-state index in [9.17, 15) is 5.11 Å². The van der Waals surface area contributed by atoms with Gasteiger partial charge >= 0.3 is 0 Å². The highest BCUT2D eigenvalue weighted by atomic mass is 16.3. The van der Waals surface area contributed by atoms with Crippen LogP contribution in [0.1, 0.15) is 20.8 Å². The average molecular weight is 154 g/mol. The summed E-state index contributed by atoms with van der Waals surface area (Å²) >= 11 is 0. The number of allylic oxidation sites excluding steroid dienone is 2. The van der Waals surface area contributed by atoms with Crippen LogP contribution in [0.25, 0.3) is 0 Å². The normalized spacial score (nSPS) is 30.1. The number of hydrogen-bond acceptors (Lipinski definition) is 3. The molecular weight excluding hydrogens is 140 g/mol. The van der Waals surface area contributed by atoms with Gasteiger partial charge in [0.05, 0.1) is 0 Å². The fraction of sp³-hybridized carbons (Fsp3) is 0.625. The highest BCUT2D eigenvalue weighted by molar-refractivity contribution is 5.73. The zero-order chi connectivity index (χ0) is 8.48. The second-order valence-electron chi connectivity index (χ2n) is 3.13. The van der Waals surface area contributed by atoms with E-state index >= 15 is 0 Å². The highest BCUT2D eigenvalue weighted by Crippen LogP contribution is 2.18. The minimum absolute atomic E-state index is 0.0717. The summed E-state index contributed by atoms with van der Waals surface area (Å²) < 4.78 is 0. The molecule has 0 aromatic carbocycles. The number of nitrogens with zero attached hydrogens (tertiary/aromatic N) is 1. The molecule has 1 rings (SSSR count). The Morgan fingerprint density at radius 3 is 2.64 bits per heavy atom. The van der Waals surface area contributed by atoms with E-state index in [1.807, 2.05) is 26.8 Å². The van der Waals surface area contributed by atoms with Gasteiger partial charge < -0.3 is 10.4 Å². The van der Waals surface area contributed by atoms with Crippen molar-refractivity contribution in [2.75, 3.05) is 0 Å². The van der Waals surface area contributed by atoms with Crippen LogP contribution in [0.3, 0.4) is 0 Å². The van der Waals surface area contributed by atoms with Gasteiger partial charge in [0, 0.05) is 17.8 Å². The van der Waals surface area contributed by atoms with Gasteiger partial charge in [0.1, 0.15) is 0 Å². The monoisotopic (exact) mass is 154 g/mol. The van der Waals surface area contributed by atoms with Crippen LogP contribution in [-0.4, -0.2) is 17.2 Å². The van der Waals surface area contributed by atoms with E-state index in [1.54, 1.807) is 6.21 Å². The summed E-state index contributed by atoms with van der Waals surface area (Å²) in [5.74, 6) is -1.03. The lowest BCUT2D eigenvalue weighted by Gasteiger charge is -2.31. The van der Waals surface area contributed by atoms with Crippen LogP contribution in [0.4, 0.5) is 0 Å². The predicted molar refractivity (Wildman–Crippen MR) is 45.2 cm³/mol. The number of aliphatic imine (C=N–C) groups is 1. The van der Waals surface area contributed by atoms with Gasteiger partial charge in [-0.3, -0.25) is 0 Å². The first-order valence-electron chi connectivity index (χ1n) is 3.77. The fourth-order valence-corrected chi connectivity index (χ4v) is 0.920. The van der Waals surface area contributed by atoms with Gasteiger partial charge in [-0.05, 0) is 13.0 Å². The van der Waals surface area contributed by atoms with Crippen molar-refractivity contribution in [3.8, 4) is 0 Å². The van der Waals surface area contributed by atoms with E-state index in [0.717, 1.165) is 5.70 Å². The molecule has 62 valence electrons. The van der Waals surface area contributed by atoms with Crippen molar-refractivity contribution in [2.45, 2.75) is 26.6 Å². The largest absolute Gasteiger partial charge is 0.353 e. The molecule has 0 aromatic rings. The molecule has 2 N–H and O–H groups in total. The predicted octanol–water partition coefficient (Wildman–Crippen LogP) is 0.866. The first-order chi connectivity index (χ1) is 5.04. The first kappa shape index (κ1) is 8.27. The highest BCUT2D eigenvalue weighted by Gasteiger charge is 2.30. The second kappa shape index (κ2) is 2.66. The Bertz CT molecular complexity index is 208. The lowest BCUT2D eigenvalue weighted by Crippen LogP contribution is -2.48. The van der Waals surface area contributed by atoms with Crippen LogP contribution in [0.2, 0.25) is 0 Å². The maximum absolute atomic E-state index is 9.77. The Hall–Kier alpha value is -0.830. The summed E-state index contributed by atoms with van der Waals surface area (Å²) in [5, 5.41) is 12.7.